The second kappa shape index (κ2) is 49.7. The molecular weight excluding hydrogens is 1910 g/mol. The molecule has 0 amide bonds. The highest BCUT2D eigenvalue weighted by atomic mass is 35.5. The summed E-state index contributed by atoms with van der Waals surface area (Å²) in [5.74, 6) is -0.727. The molecule has 8 aliphatic rings. The van der Waals surface area contributed by atoms with E-state index < -0.39 is 74.0 Å². The van der Waals surface area contributed by atoms with Crippen LogP contribution >= 0.6 is 11.6 Å². The minimum Gasteiger partial charge on any atom is -0.508 e. The van der Waals surface area contributed by atoms with Crippen molar-refractivity contribution in [3.8, 4) is 22.6 Å². The molecule has 28 atom stereocenters. The number of aliphatic hydroxyl groups is 12. The Hall–Kier alpha value is -7.93. The van der Waals surface area contributed by atoms with Crippen molar-refractivity contribution in [2.45, 2.75) is 317 Å². The number of hydrogen-bond donors (Lipinski definition) is 13. The monoisotopic (exact) mass is 2090 g/mol. The molecule has 9 aromatic rings. The van der Waals surface area contributed by atoms with E-state index in [4.69, 9.17) is 54.2 Å². The third kappa shape index (κ3) is 26.8. The lowest BCUT2D eigenvalue weighted by Gasteiger charge is -2.42. The van der Waals surface area contributed by atoms with Crippen molar-refractivity contribution in [3.05, 3.63) is 291 Å². The van der Waals surface area contributed by atoms with Gasteiger partial charge < -0.3 is 109 Å². The van der Waals surface area contributed by atoms with Gasteiger partial charge in [0.25, 0.3) is 0 Å². The topological polar surface area (TPSA) is 346 Å². The molecule has 4 saturated heterocycles. The second-order valence-corrected chi connectivity index (χ2v) is 49.6. The standard InChI is InChI=1S/C35H44O5.C32H46O6.C30H41ClO5.C30H42O6/c1-21-11-12-26(17-30(21)35(3,4)5)32-28-16-24(23-9-7-6-8-10-23)13-14-25(28)15-27(18-36)29(32)19-39-34-33(38)22(2)31(37)20-40-34;1-18(2)38-24-11-10-21-12-23(15-33)26(16-36-31-30(35)20(4)28(34)17-37-31)29(25(21)14-24)22-9-8-19(3)27(13-22)32(5,6)7;1-16-7-8-19(11-24(16)30(4,5)6)27-22-12-25(31)17(2)9-20(22)10-21(13-32)23(27)14-35-29-28(34)18(3)26(33)15-36-29;1-16-7-8-19(11-24(16)30(4,5)6)27-22-9-17(2)25(32)12-20(22)10-21(13-31)23(27)14-35-29-28(34)18(3)26(33)15-36-29/h6-14,16-17,22,27,29,31-34,36-38H,15,18-20H2,1-5H3;8-11,13-14,18,20,23,26,28-31,33-35H,12,15-17H2,1-7H3;7-9,11-12,18,21,23,26-29,32-34H,10,13-15H2,1-6H3;7-9,11-12,18,21,23,26-29,31-34H,10,13-15H2,1-6H3/t22-,27+,29+,31+,32?,33+,34+;20-,23+,26+,28+,29?,30+,31+;2*18-,21+,23+,26+,27?,28+,29+/m0000/s1. The lowest BCUT2D eigenvalue weighted by molar-refractivity contribution is -0.259. The van der Waals surface area contributed by atoms with Gasteiger partial charge in [0.05, 0.1) is 83.4 Å². The molecule has 17 rings (SSSR count). The number of benzene rings is 9. The normalized spacial score (nSPS) is 30.0. The van der Waals surface area contributed by atoms with Gasteiger partial charge >= 0.3 is 0 Å². The van der Waals surface area contributed by atoms with Crippen LogP contribution in [-0.2, 0) is 85.2 Å². The Morgan fingerprint density at radius 1 is 0.320 bits per heavy atom. The van der Waals surface area contributed by atoms with Crippen LogP contribution in [0.25, 0.3) is 11.1 Å². The number of phenolic OH excluding ortho intramolecular Hbond substituents is 1. The van der Waals surface area contributed by atoms with Gasteiger partial charge in [-0.05, 0) is 308 Å². The van der Waals surface area contributed by atoms with Crippen LogP contribution in [0.15, 0.2) is 164 Å². The lowest BCUT2D eigenvalue weighted by Crippen LogP contribution is -2.50. The fraction of sp³-hybridized carbons (Fsp3) is 0.575. The van der Waals surface area contributed by atoms with Crippen molar-refractivity contribution in [1.29, 1.82) is 0 Å². The molecule has 4 heterocycles. The van der Waals surface area contributed by atoms with Crippen molar-refractivity contribution >= 4 is 11.6 Å². The lowest BCUT2D eigenvalue weighted by atomic mass is 9.66. The summed E-state index contributed by atoms with van der Waals surface area (Å²) in [6, 6.07) is 58.4. The van der Waals surface area contributed by atoms with E-state index in [-0.39, 0.29) is 181 Å². The maximum Gasteiger partial charge on any atom is 0.183 e. The van der Waals surface area contributed by atoms with Gasteiger partial charge in [-0.15, -0.1) is 0 Å². The number of hydrogen-bond acceptors (Lipinski definition) is 22. The Bertz CT molecular complexity index is 5800. The van der Waals surface area contributed by atoms with Crippen molar-refractivity contribution in [2.24, 2.45) is 71.0 Å². The summed E-state index contributed by atoms with van der Waals surface area (Å²) in [6.45, 7) is 52.4. The van der Waals surface area contributed by atoms with Crippen LogP contribution in [-0.4, -0.2) is 226 Å². The molecule has 22 nitrogen and oxygen atoms in total. The zero-order valence-electron chi connectivity index (χ0n) is 93.0. The zero-order valence-corrected chi connectivity index (χ0v) is 93.8. The Balaban J connectivity index is 0.000000158. The molecule has 0 saturated carbocycles. The SMILES string of the molecule is Cc1cc2c(cc1Cl)C(c1ccc(C)c(C(C)(C)C)c1)[C@H](CO[C@@H]1OC[C@@H](O)[C@H](C)[C@H]1O)[C@@H](CO)C2.Cc1cc2c(cc1O)C[C@H](CO)[C@@H](CO[C@@H]1OC[C@@H](O)[C@H](C)[C@H]1O)C2c1ccc(C)c(C(C)(C)C)c1.Cc1ccc(C2c3cc(-c4ccccc4)ccc3C[C@H](CO)[C@H]2CO[C@@H]2OC[C@@H](O)[C@H](C)[C@H]2O)cc1C(C)(C)C.Cc1ccc(C2c3cc(OC(C)C)ccc3C[C@H](CO)[C@H]2CO[C@@H]2OC[C@@H](O)[C@H](C)[C@H]2O)cc1C(C)(C)C. The Kier molecular flexibility index (Phi) is 38.9. The van der Waals surface area contributed by atoms with Crippen LogP contribution in [0.5, 0.6) is 11.5 Å². The molecule has 4 unspecified atom stereocenters. The maximum atomic E-state index is 10.8. The van der Waals surface area contributed by atoms with Gasteiger partial charge in [-0.1, -0.05) is 262 Å². The van der Waals surface area contributed by atoms with Crippen molar-refractivity contribution in [1.82, 2.24) is 0 Å². The van der Waals surface area contributed by atoms with E-state index in [0.717, 1.165) is 57.9 Å². The Morgan fingerprint density at radius 2 is 0.613 bits per heavy atom. The summed E-state index contributed by atoms with van der Waals surface area (Å²) >= 11 is 6.64. The first kappa shape index (κ1) is 118. The van der Waals surface area contributed by atoms with Crippen molar-refractivity contribution < 1.29 is 109 Å². The van der Waals surface area contributed by atoms with Gasteiger partial charge in [0.2, 0.25) is 0 Å². The Morgan fingerprint density at radius 3 is 0.927 bits per heavy atom. The van der Waals surface area contributed by atoms with E-state index in [1.807, 2.05) is 52.8 Å². The first-order chi connectivity index (χ1) is 70.8. The summed E-state index contributed by atoms with van der Waals surface area (Å²) < 4.78 is 53.7. The fourth-order valence-corrected chi connectivity index (χ4v) is 24.7. The second-order valence-electron chi connectivity index (χ2n) is 49.2. The van der Waals surface area contributed by atoms with E-state index in [2.05, 4.69) is 256 Å². The number of halogens is 1. The van der Waals surface area contributed by atoms with E-state index in [1.165, 1.54) is 106 Å². The predicted octanol–water partition coefficient (Wildman–Crippen LogP) is 19.2. The highest BCUT2D eigenvalue weighted by Crippen LogP contribution is 2.54. The number of aromatic hydroxyl groups is 1. The van der Waals surface area contributed by atoms with Gasteiger partial charge in [-0.3, -0.25) is 0 Å². The van der Waals surface area contributed by atoms with Gasteiger partial charge in [0, 0.05) is 78.8 Å². The third-order valence-electron chi connectivity index (χ3n) is 33.9. The van der Waals surface area contributed by atoms with Crippen LogP contribution in [0.4, 0.5) is 0 Å². The largest absolute Gasteiger partial charge is 0.508 e. The van der Waals surface area contributed by atoms with E-state index in [0.29, 0.717) is 32.8 Å². The average Bonchev–Trinajstić information content (AvgIpc) is 0.757. The smallest absolute Gasteiger partial charge is 0.183 e. The van der Waals surface area contributed by atoms with Crippen LogP contribution in [0.2, 0.25) is 5.02 Å². The van der Waals surface area contributed by atoms with Crippen LogP contribution in [0.1, 0.15) is 271 Å². The van der Waals surface area contributed by atoms with Crippen LogP contribution < -0.4 is 4.74 Å². The van der Waals surface area contributed by atoms with Gasteiger partial charge in [0.15, 0.2) is 25.2 Å². The predicted molar refractivity (Wildman–Crippen MR) is 589 cm³/mol. The maximum absolute atomic E-state index is 10.8. The first-order valence-corrected chi connectivity index (χ1v) is 55.0. The number of aliphatic hydroxyl groups excluding tert-OH is 12. The molecule has 13 N–H and O–H groups in total. The molecule has 0 aromatic heterocycles. The molecular formula is C127H173ClO22. The van der Waals surface area contributed by atoms with E-state index in [9.17, 15) is 66.4 Å². The van der Waals surface area contributed by atoms with E-state index in [1.54, 1.807) is 20.8 Å². The number of fused-ring (bicyclic) bond motifs is 4. The number of aryl methyl sites for hydroxylation is 6. The molecule has 4 aliphatic carbocycles. The zero-order chi connectivity index (χ0) is 109. The van der Waals surface area contributed by atoms with Gasteiger partial charge in [0.1, 0.15) is 35.9 Å². The van der Waals surface area contributed by atoms with Gasteiger partial charge in [-0.25, -0.2) is 0 Å². The number of phenols is 1. The summed E-state index contributed by atoms with van der Waals surface area (Å²) in [4.78, 5) is 0. The third-order valence-corrected chi connectivity index (χ3v) is 34.3. The van der Waals surface area contributed by atoms with Gasteiger partial charge in [-0.2, -0.15) is 0 Å². The number of rotatable bonds is 23. The summed E-state index contributed by atoms with van der Waals surface area (Å²) in [5, 5.41) is 136. The molecule has 4 aliphatic heterocycles. The average molecular weight is 2090 g/mol. The van der Waals surface area contributed by atoms with Crippen LogP contribution in [0, 0.1) is 113 Å². The molecule has 0 bridgehead atoms. The van der Waals surface area contributed by atoms with Crippen LogP contribution in [0.3, 0.4) is 0 Å². The molecule has 0 spiro atoms. The molecule has 150 heavy (non-hydrogen) atoms. The van der Waals surface area contributed by atoms with Crippen molar-refractivity contribution in [3.63, 3.8) is 0 Å². The molecule has 0 radical (unpaired) electrons. The molecule has 820 valence electrons. The summed E-state index contributed by atoms with van der Waals surface area (Å²) in [5.41, 5.74) is 28.5. The quantitative estimate of drug-likeness (QED) is 0.0283. The highest BCUT2D eigenvalue weighted by molar-refractivity contribution is 6.31. The highest BCUT2D eigenvalue weighted by Gasteiger charge is 2.49. The number of ether oxygens (including phenoxy) is 9. The molecule has 4 fully saturated rings. The molecule has 23 heteroatoms. The minimum atomic E-state index is -0.929. The molecule has 9 aromatic carbocycles. The Labute approximate surface area is 896 Å². The minimum absolute atomic E-state index is 0.00462. The fourth-order valence-electron chi connectivity index (χ4n) is 24.6. The first-order valence-electron chi connectivity index (χ1n) is 54.7. The summed E-state index contributed by atoms with van der Waals surface area (Å²) in [6.07, 6.45) is -6.88. The van der Waals surface area contributed by atoms with Crippen molar-refractivity contribution in [2.75, 3.05) is 79.3 Å². The summed E-state index contributed by atoms with van der Waals surface area (Å²) in [7, 11) is 0. The van der Waals surface area contributed by atoms with E-state index >= 15 is 0 Å².